The van der Waals surface area contributed by atoms with E-state index in [0.29, 0.717) is 5.88 Å². The normalized spacial score (nSPS) is 15.9. The summed E-state index contributed by atoms with van der Waals surface area (Å²) in [6.45, 7) is 0. The highest BCUT2D eigenvalue weighted by molar-refractivity contribution is 5.82. The molecular formula is C22H20N4O. The summed E-state index contributed by atoms with van der Waals surface area (Å²) in [6.07, 6.45) is 2.03. The van der Waals surface area contributed by atoms with Crippen LogP contribution in [0.25, 0.3) is 28.2 Å². The minimum atomic E-state index is 0.148. The Morgan fingerprint density at radius 3 is 2.70 bits per heavy atom. The van der Waals surface area contributed by atoms with Crippen LogP contribution in [0.15, 0.2) is 60.7 Å². The number of methoxy groups -OCH3 is 1. The van der Waals surface area contributed by atoms with Crippen molar-refractivity contribution < 1.29 is 4.74 Å². The molecule has 5 heteroatoms. The zero-order valence-electron chi connectivity index (χ0n) is 15.1. The Morgan fingerprint density at radius 2 is 1.89 bits per heavy atom. The van der Waals surface area contributed by atoms with Crippen LogP contribution in [-0.4, -0.2) is 21.7 Å². The standard InChI is InChI=1S/C22H20N4O/c1-27-20-12-11-19-24-21(16-7-9-17-15(13-16)8-10-18(17)23)22(26(19)25-20)14-5-3-2-4-6-14/h2-7,9,11-13,18H,8,10,23H2,1H3/t18-/m0/s1. The fourth-order valence-electron chi connectivity index (χ4n) is 3.88. The van der Waals surface area contributed by atoms with Gasteiger partial charge in [-0.2, -0.15) is 0 Å². The summed E-state index contributed by atoms with van der Waals surface area (Å²) < 4.78 is 7.19. The number of imidazole rings is 1. The predicted octanol–water partition coefficient (Wildman–Crippen LogP) is 4.02. The fourth-order valence-corrected chi connectivity index (χ4v) is 3.88. The molecular weight excluding hydrogens is 336 g/mol. The van der Waals surface area contributed by atoms with E-state index in [-0.39, 0.29) is 6.04 Å². The third-order valence-corrected chi connectivity index (χ3v) is 5.25. The molecule has 4 aromatic rings. The van der Waals surface area contributed by atoms with Gasteiger partial charge in [-0.3, -0.25) is 0 Å². The van der Waals surface area contributed by atoms with Gasteiger partial charge in [0.1, 0.15) is 5.69 Å². The van der Waals surface area contributed by atoms with E-state index in [2.05, 4.69) is 35.4 Å². The highest BCUT2D eigenvalue weighted by Crippen LogP contribution is 2.36. The van der Waals surface area contributed by atoms with E-state index in [1.165, 1.54) is 11.1 Å². The van der Waals surface area contributed by atoms with Gasteiger partial charge in [0.2, 0.25) is 5.88 Å². The second-order valence-corrected chi connectivity index (χ2v) is 6.88. The predicted molar refractivity (Wildman–Crippen MR) is 106 cm³/mol. The van der Waals surface area contributed by atoms with E-state index in [1.54, 1.807) is 7.11 Å². The molecule has 0 saturated heterocycles. The largest absolute Gasteiger partial charge is 0.480 e. The maximum Gasteiger partial charge on any atom is 0.231 e. The number of benzene rings is 2. The molecule has 0 bridgehead atoms. The minimum Gasteiger partial charge on any atom is -0.480 e. The Balaban J connectivity index is 1.77. The molecule has 27 heavy (non-hydrogen) atoms. The Labute approximate surface area is 157 Å². The van der Waals surface area contributed by atoms with Gasteiger partial charge in [0.25, 0.3) is 0 Å². The summed E-state index contributed by atoms with van der Waals surface area (Å²) in [5, 5.41) is 4.61. The lowest BCUT2D eigenvalue weighted by Crippen LogP contribution is -2.04. The smallest absolute Gasteiger partial charge is 0.231 e. The number of rotatable bonds is 3. The molecule has 0 radical (unpaired) electrons. The van der Waals surface area contributed by atoms with Crippen LogP contribution >= 0.6 is 0 Å². The molecule has 0 saturated carbocycles. The van der Waals surface area contributed by atoms with E-state index in [9.17, 15) is 0 Å². The number of hydrogen-bond donors (Lipinski definition) is 1. The van der Waals surface area contributed by atoms with Crippen LogP contribution in [0.5, 0.6) is 5.88 Å². The monoisotopic (exact) mass is 356 g/mol. The lowest BCUT2D eigenvalue weighted by atomic mass is 10.0. The van der Waals surface area contributed by atoms with Gasteiger partial charge in [0, 0.05) is 23.2 Å². The average Bonchev–Trinajstić information content (AvgIpc) is 3.28. The SMILES string of the molecule is COc1ccc2nc(-c3ccc4c(c3)CC[C@@H]4N)c(-c3ccccc3)n2n1. The molecule has 0 fully saturated rings. The van der Waals surface area contributed by atoms with Gasteiger partial charge in [-0.05, 0) is 36.1 Å². The highest BCUT2D eigenvalue weighted by Gasteiger charge is 2.22. The number of aryl methyl sites for hydroxylation is 1. The Kier molecular flexibility index (Phi) is 3.69. The van der Waals surface area contributed by atoms with Crippen molar-refractivity contribution in [3.63, 3.8) is 0 Å². The second-order valence-electron chi connectivity index (χ2n) is 6.88. The Hall–Kier alpha value is -3.18. The van der Waals surface area contributed by atoms with Crippen LogP contribution < -0.4 is 10.5 Å². The molecule has 0 unspecified atom stereocenters. The van der Waals surface area contributed by atoms with Crippen molar-refractivity contribution >= 4 is 5.65 Å². The third-order valence-electron chi connectivity index (χ3n) is 5.25. The number of fused-ring (bicyclic) bond motifs is 2. The molecule has 2 heterocycles. The number of ether oxygens (including phenoxy) is 1. The molecule has 1 aliphatic rings. The van der Waals surface area contributed by atoms with Crippen molar-refractivity contribution in [1.82, 2.24) is 14.6 Å². The van der Waals surface area contributed by atoms with Gasteiger partial charge >= 0.3 is 0 Å². The van der Waals surface area contributed by atoms with Crippen molar-refractivity contribution in [1.29, 1.82) is 0 Å². The van der Waals surface area contributed by atoms with Crippen LogP contribution in [0.3, 0.4) is 0 Å². The van der Waals surface area contributed by atoms with Gasteiger partial charge in [0.05, 0.1) is 12.8 Å². The van der Waals surface area contributed by atoms with Crippen molar-refractivity contribution in [2.75, 3.05) is 7.11 Å². The van der Waals surface area contributed by atoms with E-state index in [0.717, 1.165) is 41.0 Å². The number of aromatic nitrogens is 3. The molecule has 1 atom stereocenters. The van der Waals surface area contributed by atoms with Crippen molar-refractivity contribution in [3.05, 3.63) is 71.8 Å². The average molecular weight is 356 g/mol. The van der Waals surface area contributed by atoms with E-state index in [4.69, 9.17) is 15.5 Å². The van der Waals surface area contributed by atoms with Gasteiger partial charge in [-0.15, -0.1) is 5.10 Å². The zero-order valence-corrected chi connectivity index (χ0v) is 15.1. The fraction of sp³-hybridized carbons (Fsp3) is 0.182. The molecule has 1 aliphatic carbocycles. The molecule has 134 valence electrons. The third kappa shape index (κ3) is 2.59. The molecule has 2 aromatic carbocycles. The zero-order chi connectivity index (χ0) is 18.4. The Morgan fingerprint density at radius 1 is 1.04 bits per heavy atom. The van der Waals surface area contributed by atoms with Crippen LogP contribution in [0.2, 0.25) is 0 Å². The van der Waals surface area contributed by atoms with E-state index >= 15 is 0 Å². The molecule has 5 rings (SSSR count). The van der Waals surface area contributed by atoms with Crippen LogP contribution in [0, 0.1) is 0 Å². The van der Waals surface area contributed by atoms with Gasteiger partial charge in [-0.1, -0.05) is 42.5 Å². The first-order chi connectivity index (χ1) is 13.2. The number of hydrogen-bond acceptors (Lipinski definition) is 4. The quantitative estimate of drug-likeness (QED) is 0.602. The summed E-state index contributed by atoms with van der Waals surface area (Å²) in [4.78, 5) is 4.89. The van der Waals surface area contributed by atoms with E-state index < -0.39 is 0 Å². The van der Waals surface area contributed by atoms with Crippen LogP contribution in [0.1, 0.15) is 23.6 Å². The summed E-state index contributed by atoms with van der Waals surface area (Å²) >= 11 is 0. The first kappa shape index (κ1) is 16.0. The summed E-state index contributed by atoms with van der Waals surface area (Å²) in [5.74, 6) is 0.559. The van der Waals surface area contributed by atoms with Crippen molar-refractivity contribution in [2.45, 2.75) is 18.9 Å². The van der Waals surface area contributed by atoms with Crippen LogP contribution in [0.4, 0.5) is 0 Å². The Bertz CT molecular complexity index is 1130. The number of nitrogens with two attached hydrogens (primary N) is 1. The molecule has 2 N–H and O–H groups in total. The maximum absolute atomic E-state index is 6.21. The van der Waals surface area contributed by atoms with Gasteiger partial charge < -0.3 is 10.5 Å². The van der Waals surface area contributed by atoms with Gasteiger partial charge in [0.15, 0.2) is 5.65 Å². The highest BCUT2D eigenvalue weighted by atomic mass is 16.5. The maximum atomic E-state index is 6.21. The molecule has 2 aromatic heterocycles. The first-order valence-electron chi connectivity index (χ1n) is 9.12. The molecule has 0 amide bonds. The van der Waals surface area contributed by atoms with Crippen molar-refractivity contribution in [3.8, 4) is 28.4 Å². The number of nitrogens with zero attached hydrogens (tertiary/aromatic N) is 3. The lowest BCUT2D eigenvalue weighted by molar-refractivity contribution is 0.390. The summed E-state index contributed by atoms with van der Waals surface area (Å²) in [7, 11) is 1.62. The molecule has 5 nitrogen and oxygen atoms in total. The molecule has 0 aliphatic heterocycles. The summed E-state index contributed by atoms with van der Waals surface area (Å²) in [5.41, 5.74) is 13.6. The van der Waals surface area contributed by atoms with Crippen LogP contribution in [-0.2, 0) is 6.42 Å². The van der Waals surface area contributed by atoms with Gasteiger partial charge in [-0.25, -0.2) is 9.50 Å². The lowest BCUT2D eigenvalue weighted by Gasteiger charge is -2.08. The second kappa shape index (κ2) is 6.21. The topological polar surface area (TPSA) is 65.4 Å². The first-order valence-corrected chi connectivity index (χ1v) is 9.12. The summed E-state index contributed by atoms with van der Waals surface area (Å²) in [6, 6.07) is 20.6. The minimum absolute atomic E-state index is 0.148. The van der Waals surface area contributed by atoms with Crippen molar-refractivity contribution in [2.24, 2.45) is 5.73 Å². The molecule has 0 spiro atoms. The van der Waals surface area contributed by atoms with E-state index in [1.807, 2.05) is 34.8 Å².